The van der Waals surface area contributed by atoms with E-state index in [1.807, 2.05) is 36.4 Å². The van der Waals surface area contributed by atoms with E-state index < -0.39 is 0 Å². The fourth-order valence-corrected chi connectivity index (χ4v) is 4.92. The third kappa shape index (κ3) is 4.49. The second kappa shape index (κ2) is 8.95. The Labute approximate surface area is 171 Å². The van der Waals surface area contributed by atoms with Crippen LogP contribution in [0.4, 0.5) is 0 Å². The van der Waals surface area contributed by atoms with Crippen molar-refractivity contribution >= 4 is 17.7 Å². The molecule has 4 rings (SSSR count). The molecule has 148 valence electrons. The van der Waals surface area contributed by atoms with Crippen LogP contribution >= 0.6 is 11.8 Å². The first-order valence-corrected chi connectivity index (χ1v) is 11.2. The van der Waals surface area contributed by atoms with Gasteiger partial charge in [0.1, 0.15) is 11.1 Å². The number of hydrogen-bond acceptors (Lipinski definition) is 4. The number of nitrogens with one attached hydrogen (secondary N) is 1. The summed E-state index contributed by atoms with van der Waals surface area (Å²) in [4.78, 5) is 13.0. The summed E-state index contributed by atoms with van der Waals surface area (Å²) in [6, 6.07) is 10.3. The molecule has 0 spiro atoms. The maximum absolute atomic E-state index is 13.0. The number of thioether (sulfide) groups is 1. The first-order valence-electron chi connectivity index (χ1n) is 10.3. The van der Waals surface area contributed by atoms with Crippen molar-refractivity contribution in [3.8, 4) is 0 Å². The van der Waals surface area contributed by atoms with Crippen LogP contribution in [0.1, 0.15) is 67.5 Å². The van der Waals surface area contributed by atoms with Crippen LogP contribution in [-0.2, 0) is 11.3 Å². The van der Waals surface area contributed by atoms with Gasteiger partial charge < -0.3 is 9.88 Å². The van der Waals surface area contributed by atoms with Crippen molar-refractivity contribution in [2.75, 3.05) is 0 Å². The molecule has 2 aromatic rings. The van der Waals surface area contributed by atoms with E-state index in [9.17, 15) is 4.79 Å². The molecule has 1 amide bonds. The third-order valence-electron chi connectivity index (χ3n) is 5.51. The predicted octanol–water partition coefficient (Wildman–Crippen LogP) is 4.62. The summed E-state index contributed by atoms with van der Waals surface area (Å²) in [7, 11) is 0. The van der Waals surface area contributed by atoms with Gasteiger partial charge in [-0.1, -0.05) is 67.4 Å². The Morgan fingerprint density at radius 2 is 1.93 bits per heavy atom. The number of carbonyl (C=O) groups is 1. The van der Waals surface area contributed by atoms with Crippen molar-refractivity contribution in [2.24, 2.45) is 0 Å². The van der Waals surface area contributed by atoms with E-state index in [-0.39, 0.29) is 11.2 Å². The Morgan fingerprint density at radius 3 is 2.61 bits per heavy atom. The highest BCUT2D eigenvalue weighted by atomic mass is 32.2. The van der Waals surface area contributed by atoms with Gasteiger partial charge in [0.2, 0.25) is 5.91 Å². The Morgan fingerprint density at radius 1 is 1.18 bits per heavy atom. The van der Waals surface area contributed by atoms with Crippen LogP contribution in [0, 0.1) is 0 Å². The molecule has 2 fully saturated rings. The molecule has 0 aliphatic heterocycles. The topological polar surface area (TPSA) is 59.8 Å². The minimum absolute atomic E-state index is 0.0612. The normalized spacial score (nSPS) is 18.6. The minimum atomic E-state index is -0.325. The van der Waals surface area contributed by atoms with Gasteiger partial charge in [-0.3, -0.25) is 4.79 Å². The van der Waals surface area contributed by atoms with Crippen LogP contribution in [-0.4, -0.2) is 26.7 Å². The molecule has 0 bridgehead atoms. The summed E-state index contributed by atoms with van der Waals surface area (Å²) >= 11 is 1.50. The molecule has 28 heavy (non-hydrogen) atoms. The molecule has 1 heterocycles. The smallest absolute Gasteiger partial charge is 0.238 e. The van der Waals surface area contributed by atoms with Gasteiger partial charge in [0.05, 0.1) is 0 Å². The molecule has 1 atom stereocenters. The van der Waals surface area contributed by atoms with Crippen molar-refractivity contribution in [1.82, 2.24) is 20.1 Å². The van der Waals surface area contributed by atoms with Crippen molar-refractivity contribution in [2.45, 2.75) is 73.9 Å². The number of benzene rings is 1. The maximum Gasteiger partial charge on any atom is 0.238 e. The molecule has 0 radical (unpaired) electrons. The van der Waals surface area contributed by atoms with Gasteiger partial charge in [0.25, 0.3) is 0 Å². The summed E-state index contributed by atoms with van der Waals surface area (Å²) in [6.07, 6.45) is 10.2. The average molecular weight is 397 g/mol. The van der Waals surface area contributed by atoms with Gasteiger partial charge >= 0.3 is 0 Å². The van der Waals surface area contributed by atoms with Gasteiger partial charge in [0.15, 0.2) is 5.16 Å². The molecule has 1 aromatic carbocycles. The monoisotopic (exact) mass is 396 g/mol. The zero-order valence-corrected chi connectivity index (χ0v) is 17.0. The lowest BCUT2D eigenvalue weighted by atomic mass is 9.89. The summed E-state index contributed by atoms with van der Waals surface area (Å²) in [5, 5.41) is 12.7. The molecule has 2 aliphatic rings. The van der Waals surface area contributed by atoms with E-state index in [1.165, 1.54) is 43.9 Å². The molecule has 2 aliphatic carbocycles. The highest BCUT2D eigenvalue weighted by Gasteiger charge is 2.31. The van der Waals surface area contributed by atoms with Crippen LogP contribution < -0.4 is 5.32 Å². The van der Waals surface area contributed by atoms with Gasteiger partial charge in [-0.05, 0) is 31.2 Å². The molecule has 1 aromatic heterocycles. The number of amides is 1. The number of carbonyl (C=O) groups excluding carboxylic acids is 1. The van der Waals surface area contributed by atoms with E-state index in [1.54, 1.807) is 0 Å². The molecule has 2 saturated carbocycles. The molecule has 5 nitrogen and oxygen atoms in total. The minimum Gasteiger partial charge on any atom is -0.352 e. The van der Waals surface area contributed by atoms with Gasteiger partial charge in [-0.25, -0.2) is 0 Å². The molecule has 1 N–H and O–H groups in total. The summed E-state index contributed by atoms with van der Waals surface area (Å²) in [6.45, 7) is 4.59. The second-order valence-electron chi connectivity index (χ2n) is 7.77. The lowest BCUT2D eigenvalue weighted by molar-refractivity contribution is -0.120. The largest absolute Gasteiger partial charge is 0.352 e. The maximum atomic E-state index is 13.0. The van der Waals surface area contributed by atoms with Crippen molar-refractivity contribution in [3.05, 3.63) is 54.4 Å². The lowest BCUT2D eigenvalue weighted by Gasteiger charge is -2.22. The highest BCUT2D eigenvalue weighted by molar-refractivity contribution is 8.00. The van der Waals surface area contributed by atoms with Gasteiger partial charge in [0, 0.05) is 18.5 Å². The zero-order chi connectivity index (χ0) is 19.3. The van der Waals surface area contributed by atoms with Crippen LogP contribution in [0.15, 0.2) is 48.1 Å². The highest BCUT2D eigenvalue weighted by Crippen LogP contribution is 2.38. The predicted molar refractivity (Wildman–Crippen MR) is 112 cm³/mol. The van der Waals surface area contributed by atoms with Gasteiger partial charge in [-0.2, -0.15) is 0 Å². The quantitative estimate of drug-likeness (QED) is 0.522. The molecule has 6 heteroatoms. The van der Waals surface area contributed by atoms with E-state index in [0.29, 0.717) is 18.5 Å². The zero-order valence-electron chi connectivity index (χ0n) is 16.2. The van der Waals surface area contributed by atoms with Crippen molar-refractivity contribution in [1.29, 1.82) is 0 Å². The van der Waals surface area contributed by atoms with E-state index in [0.717, 1.165) is 29.4 Å². The first kappa shape index (κ1) is 19.2. The Balaban J connectivity index is 1.61. The number of nitrogens with zero attached hydrogens (tertiary/aromatic N) is 3. The number of hydrogen-bond donors (Lipinski definition) is 1. The molecular weight excluding hydrogens is 368 g/mol. The van der Waals surface area contributed by atoms with E-state index >= 15 is 0 Å². The Bertz CT molecular complexity index is 809. The fraction of sp³-hybridized carbons (Fsp3) is 0.500. The summed E-state index contributed by atoms with van der Waals surface area (Å²) in [5.41, 5.74) is 0.998. The van der Waals surface area contributed by atoms with Crippen molar-refractivity contribution < 1.29 is 4.79 Å². The summed E-state index contributed by atoms with van der Waals surface area (Å²) in [5.74, 6) is 1.58. The van der Waals surface area contributed by atoms with E-state index in [2.05, 4.69) is 26.7 Å². The second-order valence-corrected chi connectivity index (χ2v) is 8.84. The molecule has 0 unspecified atom stereocenters. The number of allylic oxidation sites excluding steroid dienone is 1. The number of aromatic nitrogens is 3. The molecular formula is C22H28N4OS. The number of rotatable bonds is 8. The van der Waals surface area contributed by atoms with Crippen LogP contribution in [0.25, 0.3) is 0 Å². The van der Waals surface area contributed by atoms with Crippen LogP contribution in [0.5, 0.6) is 0 Å². The standard InChI is InChI=1S/C22H28N4OS/c1-2-15-26-20(17-11-7-4-8-12-17)24-25-22(26)28-19(16-9-5-3-6-10-16)21(27)23-18-13-14-18/h2-3,5-6,9-10,17-19H,1,4,7-8,11-15H2,(H,23,27)/t19-/m1/s1. The SMILES string of the molecule is C=CCn1c(S[C@@H](C(=O)NC2CC2)c2ccccc2)nnc1C1CCCCC1. The van der Waals surface area contributed by atoms with E-state index in [4.69, 9.17) is 0 Å². The Hall–Kier alpha value is -2.08. The fourth-order valence-electron chi connectivity index (χ4n) is 3.86. The van der Waals surface area contributed by atoms with Crippen LogP contribution in [0.2, 0.25) is 0 Å². The van der Waals surface area contributed by atoms with Gasteiger partial charge in [-0.15, -0.1) is 16.8 Å². The lowest BCUT2D eigenvalue weighted by Crippen LogP contribution is -2.30. The molecule has 0 saturated heterocycles. The van der Waals surface area contributed by atoms with Crippen LogP contribution in [0.3, 0.4) is 0 Å². The third-order valence-corrected chi connectivity index (χ3v) is 6.75. The first-order chi connectivity index (χ1) is 13.8. The summed E-state index contributed by atoms with van der Waals surface area (Å²) < 4.78 is 2.16. The van der Waals surface area contributed by atoms with Crippen molar-refractivity contribution in [3.63, 3.8) is 0 Å². The Kier molecular flexibility index (Phi) is 6.15. The average Bonchev–Trinajstić information content (AvgIpc) is 3.46.